The molecule has 1 saturated carbocycles. The molecule has 8 nitrogen and oxygen atoms in total. The largest absolute Gasteiger partial charge is 0.483 e. The number of carbonyl (C=O) groups excluding carboxylic acids is 1. The van der Waals surface area contributed by atoms with Gasteiger partial charge in [0.2, 0.25) is 5.91 Å². The average molecular weight is 399 g/mol. The van der Waals surface area contributed by atoms with E-state index in [1.807, 2.05) is 30.3 Å². The second kappa shape index (κ2) is 8.37. The van der Waals surface area contributed by atoms with Gasteiger partial charge >= 0.3 is 0 Å². The van der Waals surface area contributed by atoms with E-state index in [2.05, 4.69) is 0 Å². The number of hydrogen-bond acceptors (Lipinski definition) is 6. The minimum absolute atomic E-state index is 0.0198. The third-order valence-electron chi connectivity index (χ3n) is 5.44. The number of amides is 1. The fraction of sp³-hybridized carbons (Fsp3) is 0.556. The molecular weight excluding hydrogens is 374 g/mol. The molecule has 0 bridgehead atoms. The van der Waals surface area contributed by atoms with Gasteiger partial charge in [0.15, 0.2) is 0 Å². The SMILES string of the molecule is CS(=O)(=O)CCC(=O)N1C[C@@H](O)[C@@]2(C1)[C@H](CO)[C@H]2c1ccccc1.O=CO. The Morgan fingerprint density at radius 2 is 1.93 bits per heavy atom. The molecule has 27 heavy (non-hydrogen) atoms. The lowest BCUT2D eigenvalue weighted by Gasteiger charge is -2.16. The number of hydrogen-bond donors (Lipinski definition) is 3. The van der Waals surface area contributed by atoms with E-state index in [1.54, 1.807) is 4.90 Å². The van der Waals surface area contributed by atoms with Gasteiger partial charge in [-0.2, -0.15) is 0 Å². The van der Waals surface area contributed by atoms with Crippen molar-refractivity contribution in [2.75, 3.05) is 31.7 Å². The molecule has 0 unspecified atom stereocenters. The zero-order chi connectivity index (χ0) is 20.2. The lowest BCUT2D eigenvalue weighted by molar-refractivity contribution is -0.130. The quantitative estimate of drug-likeness (QED) is 0.580. The van der Waals surface area contributed by atoms with Crippen LogP contribution in [0.2, 0.25) is 0 Å². The Hall–Kier alpha value is -1.97. The summed E-state index contributed by atoms with van der Waals surface area (Å²) in [5, 5.41) is 27.2. The number of nitrogens with zero attached hydrogens (tertiary/aromatic N) is 1. The van der Waals surface area contributed by atoms with Gasteiger partial charge in [-0.05, 0) is 17.4 Å². The zero-order valence-electron chi connectivity index (χ0n) is 15.1. The Labute approximate surface area is 158 Å². The first-order valence-electron chi connectivity index (χ1n) is 8.58. The second-order valence-electron chi connectivity index (χ2n) is 7.07. The molecule has 1 aromatic rings. The topological polar surface area (TPSA) is 132 Å². The van der Waals surface area contributed by atoms with Crippen LogP contribution in [0.25, 0.3) is 0 Å². The summed E-state index contributed by atoms with van der Waals surface area (Å²) in [5.41, 5.74) is 0.540. The highest BCUT2D eigenvalue weighted by molar-refractivity contribution is 7.90. The molecule has 1 spiro atoms. The molecule has 4 atom stereocenters. The van der Waals surface area contributed by atoms with Gasteiger partial charge in [0.05, 0.1) is 11.9 Å². The number of likely N-dealkylation sites (tertiary alicyclic amines) is 1. The van der Waals surface area contributed by atoms with Crippen molar-refractivity contribution in [3.05, 3.63) is 35.9 Å². The number of β-amino-alcohol motifs (C(OH)–C–C–N with tert-alkyl or cyclic N) is 1. The third kappa shape index (κ3) is 4.48. The second-order valence-corrected chi connectivity index (χ2v) is 9.32. The summed E-state index contributed by atoms with van der Waals surface area (Å²) in [6, 6.07) is 9.71. The molecule has 1 amide bonds. The molecule has 1 saturated heterocycles. The van der Waals surface area contributed by atoms with Crippen LogP contribution in [-0.2, 0) is 19.4 Å². The molecule has 1 aliphatic carbocycles. The fourth-order valence-electron chi connectivity index (χ4n) is 4.19. The van der Waals surface area contributed by atoms with Crippen molar-refractivity contribution in [2.45, 2.75) is 18.4 Å². The average Bonchev–Trinajstić information content (AvgIpc) is 3.15. The molecule has 1 aliphatic heterocycles. The maximum absolute atomic E-state index is 12.3. The van der Waals surface area contributed by atoms with Gasteiger partial charge in [0.1, 0.15) is 9.84 Å². The number of rotatable bonds is 5. The standard InChI is InChI=1S/C17H23NO5S.CH2O2/c1-24(22,23)8-7-15(21)18-9-14(20)17(11-18)13(10-19)16(17)12-5-3-2-4-6-12;2-1-3/h2-6,13-14,16,19-20H,7-11H2,1H3;1H,(H,2,3)/t13-,14-,16-,17-;/m1./s1. The summed E-state index contributed by atoms with van der Waals surface area (Å²) < 4.78 is 22.5. The normalized spacial score (nSPS) is 29.1. The van der Waals surface area contributed by atoms with Crippen molar-refractivity contribution in [1.29, 1.82) is 0 Å². The Morgan fingerprint density at radius 1 is 1.33 bits per heavy atom. The van der Waals surface area contributed by atoms with E-state index in [1.165, 1.54) is 0 Å². The molecule has 2 aliphatic rings. The van der Waals surface area contributed by atoms with Crippen LogP contribution in [0.3, 0.4) is 0 Å². The Balaban J connectivity index is 0.000000817. The van der Waals surface area contributed by atoms with E-state index in [0.717, 1.165) is 11.8 Å². The number of aliphatic hydroxyl groups excluding tert-OH is 2. The van der Waals surface area contributed by atoms with Crippen molar-refractivity contribution in [1.82, 2.24) is 4.90 Å². The zero-order valence-corrected chi connectivity index (χ0v) is 15.9. The van der Waals surface area contributed by atoms with Crippen molar-refractivity contribution >= 4 is 22.2 Å². The van der Waals surface area contributed by atoms with E-state index in [0.29, 0.717) is 6.54 Å². The molecule has 1 heterocycles. The predicted octanol–water partition coefficient (Wildman–Crippen LogP) is -0.283. The Kier molecular flexibility index (Phi) is 6.61. The molecular formula is C18H25NO7S. The van der Waals surface area contributed by atoms with Gasteiger partial charge in [0, 0.05) is 37.8 Å². The summed E-state index contributed by atoms with van der Waals surface area (Å²) in [6.07, 6.45) is 0.331. The Morgan fingerprint density at radius 3 is 2.44 bits per heavy atom. The molecule has 9 heteroatoms. The third-order valence-corrected chi connectivity index (χ3v) is 6.38. The molecule has 3 rings (SSSR count). The van der Waals surface area contributed by atoms with Gasteiger partial charge in [-0.15, -0.1) is 0 Å². The smallest absolute Gasteiger partial charge is 0.290 e. The predicted molar refractivity (Wildman–Crippen MR) is 97.8 cm³/mol. The monoisotopic (exact) mass is 399 g/mol. The van der Waals surface area contributed by atoms with Gasteiger partial charge < -0.3 is 20.2 Å². The van der Waals surface area contributed by atoms with Crippen LogP contribution < -0.4 is 0 Å². The van der Waals surface area contributed by atoms with Crippen LogP contribution >= 0.6 is 0 Å². The first kappa shape index (κ1) is 21.3. The highest BCUT2D eigenvalue weighted by Gasteiger charge is 2.71. The van der Waals surface area contributed by atoms with Crippen LogP contribution in [0.1, 0.15) is 17.9 Å². The summed E-state index contributed by atoms with van der Waals surface area (Å²) in [7, 11) is -3.19. The lowest BCUT2D eigenvalue weighted by Crippen LogP contribution is -2.31. The summed E-state index contributed by atoms with van der Waals surface area (Å²) >= 11 is 0. The molecule has 0 radical (unpaired) electrons. The summed E-state index contributed by atoms with van der Waals surface area (Å²) in [6.45, 7) is 0.270. The molecule has 2 fully saturated rings. The highest BCUT2D eigenvalue weighted by Crippen LogP contribution is 2.68. The van der Waals surface area contributed by atoms with Gasteiger partial charge in [-0.3, -0.25) is 9.59 Å². The minimum Gasteiger partial charge on any atom is -0.483 e. The van der Waals surface area contributed by atoms with E-state index >= 15 is 0 Å². The van der Waals surface area contributed by atoms with Crippen LogP contribution in [0.15, 0.2) is 30.3 Å². The number of carboxylic acid groups (broad SMARTS) is 1. The van der Waals surface area contributed by atoms with Gasteiger partial charge in [-0.1, -0.05) is 30.3 Å². The fourth-order valence-corrected chi connectivity index (χ4v) is 4.73. The number of benzene rings is 1. The lowest BCUT2D eigenvalue weighted by atomic mass is 9.95. The van der Waals surface area contributed by atoms with E-state index in [4.69, 9.17) is 9.90 Å². The maximum Gasteiger partial charge on any atom is 0.290 e. The van der Waals surface area contributed by atoms with E-state index in [-0.39, 0.29) is 49.5 Å². The van der Waals surface area contributed by atoms with Crippen LogP contribution in [0.5, 0.6) is 0 Å². The van der Waals surface area contributed by atoms with Crippen molar-refractivity contribution in [3.63, 3.8) is 0 Å². The first-order valence-corrected chi connectivity index (χ1v) is 10.6. The highest BCUT2D eigenvalue weighted by atomic mass is 32.2. The van der Waals surface area contributed by atoms with E-state index in [9.17, 15) is 23.4 Å². The summed E-state index contributed by atoms with van der Waals surface area (Å²) in [4.78, 5) is 22.2. The number of carbonyl (C=O) groups is 2. The molecule has 3 N–H and O–H groups in total. The molecule has 150 valence electrons. The molecule has 0 aromatic heterocycles. The molecule has 1 aromatic carbocycles. The summed E-state index contributed by atoms with van der Waals surface area (Å²) in [5.74, 6) is -0.502. The van der Waals surface area contributed by atoms with Crippen molar-refractivity contribution in [3.8, 4) is 0 Å². The van der Waals surface area contributed by atoms with Gasteiger partial charge in [-0.25, -0.2) is 8.42 Å². The van der Waals surface area contributed by atoms with Crippen LogP contribution in [-0.4, -0.2) is 78.8 Å². The maximum atomic E-state index is 12.3. The Bertz CT molecular complexity index is 767. The van der Waals surface area contributed by atoms with Crippen LogP contribution in [0, 0.1) is 11.3 Å². The van der Waals surface area contributed by atoms with E-state index < -0.39 is 21.4 Å². The first-order chi connectivity index (χ1) is 12.7. The van der Waals surface area contributed by atoms with Crippen molar-refractivity contribution < 1.29 is 33.3 Å². The van der Waals surface area contributed by atoms with Crippen molar-refractivity contribution in [2.24, 2.45) is 11.3 Å². The van der Waals surface area contributed by atoms with Gasteiger partial charge in [0.25, 0.3) is 6.47 Å². The number of aliphatic hydroxyl groups is 2. The number of sulfone groups is 1. The minimum atomic E-state index is -3.19. The van der Waals surface area contributed by atoms with Crippen LogP contribution in [0.4, 0.5) is 0 Å².